The summed E-state index contributed by atoms with van der Waals surface area (Å²) >= 11 is 0. The Morgan fingerprint density at radius 2 is 0.767 bits per heavy atom. The van der Waals surface area contributed by atoms with E-state index in [0.29, 0.717) is 25.7 Å². The summed E-state index contributed by atoms with van der Waals surface area (Å²) in [5.41, 5.74) is 1.06. The highest BCUT2D eigenvalue weighted by Crippen LogP contribution is 2.49. The minimum atomic E-state index is -0.795. The Kier molecular flexibility index (Phi) is 19.4. The van der Waals surface area contributed by atoms with Crippen molar-refractivity contribution in [3.63, 3.8) is 0 Å². The number of aliphatic carboxylic acids is 4. The van der Waals surface area contributed by atoms with Crippen LogP contribution in [0, 0.1) is 0 Å². The topological polar surface area (TPSA) is 152 Å². The summed E-state index contributed by atoms with van der Waals surface area (Å²) in [5, 5.41) is 35.6. The van der Waals surface area contributed by atoms with Gasteiger partial charge in [0.05, 0.1) is 10.6 Å². The Hall–Kier alpha value is -2.24. The highest BCUT2D eigenvalue weighted by Gasteiger charge is 2.42. The van der Waals surface area contributed by atoms with Gasteiger partial charge in [-0.1, -0.05) is 69.6 Å². The molecule has 9 nitrogen and oxygen atoms in total. The molecule has 43 heavy (non-hydrogen) atoms. The molecule has 0 aromatic heterocycles. The fourth-order valence-corrected chi connectivity index (χ4v) is 7.55. The van der Waals surface area contributed by atoms with Gasteiger partial charge in [0.2, 0.25) is 0 Å². The zero-order valence-corrected chi connectivity index (χ0v) is 27.9. The van der Waals surface area contributed by atoms with Gasteiger partial charge in [-0.25, -0.2) is 0 Å². The maximum Gasteiger partial charge on any atom is 0.303 e. The van der Waals surface area contributed by atoms with Crippen molar-refractivity contribution >= 4 is 48.0 Å². The first kappa shape index (κ1) is 38.8. The molecule has 0 heterocycles. The summed E-state index contributed by atoms with van der Waals surface area (Å²) in [6.45, 7) is 0. The van der Waals surface area contributed by atoms with E-state index in [1.807, 2.05) is 18.2 Å². The second kappa shape index (κ2) is 21.5. The summed E-state index contributed by atoms with van der Waals surface area (Å²) in [6.07, 6.45) is 12.7. The number of anilines is 1. The first-order chi connectivity index (χ1) is 20.4. The van der Waals surface area contributed by atoms with E-state index in [1.54, 1.807) is 0 Å². The van der Waals surface area contributed by atoms with Gasteiger partial charge in [-0.2, -0.15) is 0 Å². The number of para-hydroxylation sites is 1. The Morgan fingerprint density at radius 1 is 0.488 bits per heavy atom. The van der Waals surface area contributed by atoms with Crippen LogP contribution in [0.4, 0.5) is 5.69 Å². The number of nitrogens with zero attached hydrogens (tertiary/aromatic N) is 1. The lowest BCUT2D eigenvalue weighted by Gasteiger charge is -2.54. The van der Waals surface area contributed by atoms with Crippen LogP contribution in [-0.4, -0.2) is 54.9 Å². The molecule has 0 spiro atoms. The molecule has 0 aliphatic rings. The molecule has 244 valence electrons. The molecule has 0 radical (unpaired) electrons. The van der Waals surface area contributed by atoms with E-state index in [1.165, 1.54) is 0 Å². The monoisotopic (exact) mass is 641 g/mol. The number of hydrogen-bond acceptors (Lipinski definition) is 5. The van der Waals surface area contributed by atoms with Gasteiger partial charge >= 0.3 is 23.9 Å². The van der Waals surface area contributed by atoms with Crippen molar-refractivity contribution in [2.24, 2.45) is 0 Å². The average molecular weight is 642 g/mol. The molecule has 1 rings (SSSR count). The minimum Gasteiger partial charge on any atom is -0.481 e. The third-order valence-electron chi connectivity index (χ3n) is 7.91. The van der Waals surface area contributed by atoms with Gasteiger partial charge in [-0.15, -0.1) is 18.5 Å². The first-order valence-corrected chi connectivity index (χ1v) is 16.9. The van der Waals surface area contributed by atoms with Crippen LogP contribution < -0.4 is 4.90 Å². The Labute approximate surface area is 261 Å². The Bertz CT molecular complexity index is 869. The zero-order valence-electron chi connectivity index (χ0n) is 25.6. The number of rotatable bonds is 27. The zero-order chi connectivity index (χ0) is 32.1. The van der Waals surface area contributed by atoms with Crippen molar-refractivity contribution in [2.75, 3.05) is 4.90 Å². The third kappa shape index (κ3) is 17.0. The van der Waals surface area contributed by atoms with Crippen molar-refractivity contribution in [1.29, 1.82) is 0 Å². The van der Waals surface area contributed by atoms with Crippen LogP contribution in [0.1, 0.15) is 128 Å². The number of carboxylic acids is 4. The molecule has 1 aromatic rings. The number of benzene rings is 1. The van der Waals surface area contributed by atoms with Gasteiger partial charge in [0.15, 0.2) is 0 Å². The van der Waals surface area contributed by atoms with E-state index in [4.69, 9.17) is 20.4 Å². The molecule has 2 unspecified atom stereocenters. The molecule has 0 fully saturated rings. The second-order valence-corrected chi connectivity index (χ2v) is 13.8. The Morgan fingerprint density at radius 3 is 1.02 bits per heavy atom. The van der Waals surface area contributed by atoms with Gasteiger partial charge in [0.25, 0.3) is 0 Å². The molecule has 4 N–H and O–H groups in total. The Balaban J connectivity index is 3.35. The molecule has 0 saturated heterocycles. The highest BCUT2D eigenvalue weighted by atomic mass is 31.0. The molecule has 0 aliphatic carbocycles. The van der Waals surface area contributed by atoms with Gasteiger partial charge in [0.1, 0.15) is 0 Å². The van der Waals surface area contributed by atoms with E-state index in [2.05, 4.69) is 35.5 Å². The van der Waals surface area contributed by atoms with Crippen molar-refractivity contribution < 1.29 is 39.6 Å². The summed E-state index contributed by atoms with van der Waals surface area (Å²) < 4.78 is 0. The summed E-state index contributed by atoms with van der Waals surface area (Å²) in [4.78, 5) is 46.8. The normalized spacial score (nSPS) is 11.8. The van der Waals surface area contributed by atoms with Crippen LogP contribution in [0.5, 0.6) is 0 Å². The molecule has 11 heteroatoms. The van der Waals surface area contributed by atoms with Crippen molar-refractivity contribution in [3.05, 3.63) is 30.3 Å². The van der Waals surface area contributed by atoms with E-state index < -0.39 is 34.4 Å². The van der Waals surface area contributed by atoms with Gasteiger partial charge in [0, 0.05) is 31.4 Å². The molecular formula is C32H53NO8P2. The molecule has 0 saturated carbocycles. The first-order valence-electron chi connectivity index (χ1n) is 15.7. The predicted octanol–water partition coefficient (Wildman–Crippen LogP) is 7.78. The quantitative estimate of drug-likeness (QED) is 0.0557. The molecule has 2 atom stereocenters. The summed E-state index contributed by atoms with van der Waals surface area (Å²) in [7, 11) is 6.25. The van der Waals surface area contributed by atoms with E-state index in [-0.39, 0.29) is 25.7 Å². The highest BCUT2D eigenvalue weighted by molar-refractivity contribution is 7.21. The number of carbonyl (C=O) groups is 4. The maximum absolute atomic E-state index is 11.1. The molecule has 1 aromatic carbocycles. The smallest absolute Gasteiger partial charge is 0.303 e. The van der Waals surface area contributed by atoms with Crippen LogP contribution in [-0.2, 0) is 19.2 Å². The van der Waals surface area contributed by atoms with E-state index >= 15 is 0 Å². The largest absolute Gasteiger partial charge is 0.481 e. The standard InChI is InChI=1S/C32H53NO8P2/c34-27(35)18-8-2-12-22-31(42,23-13-3-9-19-28(36)37)33(26-16-6-1-7-17-26)32(43,24-14-4-10-20-29(38)39)25-15-5-11-21-30(40)41/h1,6-7,16-17H,2-5,8-15,18-25,42-43H2,(H,34,35)(H,36,37)(H,38,39)(H,40,41). The van der Waals surface area contributed by atoms with E-state index in [9.17, 15) is 19.2 Å². The van der Waals surface area contributed by atoms with E-state index in [0.717, 1.165) is 82.7 Å². The van der Waals surface area contributed by atoms with Crippen LogP contribution in [0.25, 0.3) is 0 Å². The molecule has 0 bridgehead atoms. The second-order valence-electron chi connectivity index (χ2n) is 11.7. The number of unbranched alkanes of at least 4 members (excludes halogenated alkanes) is 8. The van der Waals surface area contributed by atoms with Crippen LogP contribution in [0.15, 0.2) is 30.3 Å². The van der Waals surface area contributed by atoms with Gasteiger partial charge < -0.3 is 25.3 Å². The van der Waals surface area contributed by atoms with Crippen LogP contribution in [0.3, 0.4) is 0 Å². The maximum atomic E-state index is 11.1. The molecule has 0 aliphatic heterocycles. The number of carboxylic acid groups (broad SMARTS) is 4. The third-order valence-corrected chi connectivity index (χ3v) is 9.58. The predicted molar refractivity (Wildman–Crippen MR) is 177 cm³/mol. The van der Waals surface area contributed by atoms with Crippen LogP contribution in [0.2, 0.25) is 0 Å². The fraction of sp³-hybridized carbons (Fsp3) is 0.688. The fourth-order valence-electron chi connectivity index (χ4n) is 5.77. The van der Waals surface area contributed by atoms with Crippen molar-refractivity contribution in [1.82, 2.24) is 0 Å². The lowest BCUT2D eigenvalue weighted by atomic mass is 9.91. The molecule has 0 amide bonds. The lowest BCUT2D eigenvalue weighted by Crippen LogP contribution is -2.55. The SMILES string of the molecule is O=C(O)CCCCCC(P)(CCCCCC(=O)O)N(c1ccccc1)C(P)(CCCCCC(=O)O)CCCCCC(=O)O. The van der Waals surface area contributed by atoms with Crippen molar-refractivity contribution in [3.8, 4) is 0 Å². The van der Waals surface area contributed by atoms with Crippen LogP contribution >= 0.6 is 18.5 Å². The van der Waals surface area contributed by atoms with Gasteiger partial charge in [-0.05, 0) is 63.5 Å². The van der Waals surface area contributed by atoms with Crippen molar-refractivity contribution in [2.45, 2.75) is 139 Å². The van der Waals surface area contributed by atoms with Gasteiger partial charge in [-0.3, -0.25) is 19.2 Å². The summed E-state index contributed by atoms with van der Waals surface area (Å²) in [5.74, 6) is -3.18. The summed E-state index contributed by atoms with van der Waals surface area (Å²) in [6, 6.07) is 10.2. The number of hydrogen-bond donors (Lipinski definition) is 4. The average Bonchev–Trinajstić information content (AvgIpc) is 2.92. The minimum absolute atomic E-state index is 0.141. The lowest BCUT2D eigenvalue weighted by molar-refractivity contribution is -0.138. The molecular weight excluding hydrogens is 588 g/mol.